The number of aryl methyl sites for hydroxylation is 2. The van der Waals surface area contributed by atoms with Crippen LogP contribution < -0.4 is 5.32 Å². The van der Waals surface area contributed by atoms with Crippen molar-refractivity contribution in [2.24, 2.45) is 5.92 Å². The summed E-state index contributed by atoms with van der Waals surface area (Å²) in [6.07, 6.45) is 4.41. The third kappa shape index (κ3) is 1.51. The first-order valence-corrected chi connectivity index (χ1v) is 5.53. The van der Waals surface area contributed by atoms with Gasteiger partial charge in [-0.15, -0.1) is 0 Å². The van der Waals surface area contributed by atoms with Crippen molar-refractivity contribution in [2.45, 2.75) is 46.2 Å². The van der Waals surface area contributed by atoms with Crippen molar-refractivity contribution in [3.05, 3.63) is 11.8 Å². The highest BCUT2D eigenvalue weighted by atomic mass is 15.3. The molecule has 1 aliphatic heterocycles. The quantitative estimate of drug-likeness (QED) is 0.781. The number of nitrogens with zero attached hydrogens (tertiary/aromatic N) is 2. The number of hydrogen-bond acceptors (Lipinski definition) is 2. The Kier molecular flexibility index (Phi) is 2.48. The van der Waals surface area contributed by atoms with Crippen LogP contribution in [0.1, 0.15) is 32.8 Å². The zero-order chi connectivity index (χ0) is 10.1. The number of nitrogens with one attached hydrogen (secondary N) is 1. The van der Waals surface area contributed by atoms with E-state index in [1.165, 1.54) is 24.2 Å². The zero-order valence-electron chi connectivity index (χ0n) is 9.25. The molecule has 2 rings (SSSR count). The first-order valence-electron chi connectivity index (χ1n) is 5.53. The van der Waals surface area contributed by atoms with E-state index in [1.54, 1.807) is 0 Å². The molecule has 2 heterocycles. The molecule has 0 amide bonds. The smallest absolute Gasteiger partial charge is 0.127 e. The Labute approximate surface area is 85.5 Å². The molecule has 3 heteroatoms. The minimum atomic E-state index is 0.615. The highest BCUT2D eigenvalue weighted by Crippen LogP contribution is 2.27. The van der Waals surface area contributed by atoms with E-state index in [0.717, 1.165) is 6.54 Å². The Hall–Kier alpha value is -0.990. The summed E-state index contributed by atoms with van der Waals surface area (Å²) in [4.78, 5) is 0. The molecule has 0 unspecified atom stereocenters. The van der Waals surface area contributed by atoms with Gasteiger partial charge in [-0.3, -0.25) is 0 Å². The van der Waals surface area contributed by atoms with Gasteiger partial charge in [0.2, 0.25) is 0 Å². The van der Waals surface area contributed by atoms with Gasteiger partial charge >= 0.3 is 0 Å². The van der Waals surface area contributed by atoms with Gasteiger partial charge in [-0.05, 0) is 25.7 Å². The summed E-state index contributed by atoms with van der Waals surface area (Å²) in [5, 5.41) is 7.96. The second-order valence-electron chi connectivity index (χ2n) is 4.37. The van der Waals surface area contributed by atoms with Crippen LogP contribution in [-0.4, -0.2) is 15.8 Å². The first-order chi connectivity index (χ1) is 6.72. The van der Waals surface area contributed by atoms with Crippen molar-refractivity contribution in [3.63, 3.8) is 0 Å². The van der Waals surface area contributed by atoms with Gasteiger partial charge in [-0.1, -0.05) is 13.8 Å². The van der Waals surface area contributed by atoms with Gasteiger partial charge in [0.05, 0.1) is 6.20 Å². The van der Waals surface area contributed by atoms with E-state index in [2.05, 4.69) is 35.9 Å². The summed E-state index contributed by atoms with van der Waals surface area (Å²) in [5.74, 6) is 1.95. The molecule has 1 aromatic rings. The van der Waals surface area contributed by atoms with Crippen molar-refractivity contribution < 1.29 is 0 Å². The van der Waals surface area contributed by atoms with Crippen LogP contribution >= 0.6 is 0 Å². The third-order valence-corrected chi connectivity index (χ3v) is 3.07. The molecule has 0 spiro atoms. The van der Waals surface area contributed by atoms with Crippen molar-refractivity contribution in [2.75, 3.05) is 5.32 Å². The number of hydrogen-bond donors (Lipinski definition) is 1. The minimum absolute atomic E-state index is 0.615. The molecular formula is C11H19N3. The molecular weight excluding hydrogens is 174 g/mol. The molecule has 78 valence electrons. The van der Waals surface area contributed by atoms with Crippen LogP contribution in [0.3, 0.4) is 0 Å². The summed E-state index contributed by atoms with van der Waals surface area (Å²) in [6.45, 7) is 7.63. The van der Waals surface area contributed by atoms with Crippen LogP contribution in [0, 0.1) is 5.92 Å². The van der Waals surface area contributed by atoms with E-state index in [4.69, 9.17) is 0 Å². The number of anilines is 1. The minimum Gasteiger partial charge on any atom is -0.367 e. The lowest BCUT2D eigenvalue weighted by molar-refractivity contribution is 0.476. The second-order valence-corrected chi connectivity index (χ2v) is 4.37. The molecule has 0 saturated heterocycles. The van der Waals surface area contributed by atoms with Crippen molar-refractivity contribution in [1.29, 1.82) is 0 Å². The molecule has 14 heavy (non-hydrogen) atoms. The Morgan fingerprint density at radius 1 is 1.64 bits per heavy atom. The Bertz CT molecular complexity index is 301. The third-order valence-electron chi connectivity index (χ3n) is 3.07. The molecule has 1 atom stereocenters. The number of fused-ring (bicyclic) bond motifs is 1. The van der Waals surface area contributed by atoms with E-state index in [9.17, 15) is 0 Å². The van der Waals surface area contributed by atoms with Gasteiger partial charge < -0.3 is 5.32 Å². The summed E-state index contributed by atoms with van der Waals surface area (Å²) in [6, 6.07) is 0.615. The van der Waals surface area contributed by atoms with Gasteiger partial charge in [0, 0.05) is 18.2 Å². The van der Waals surface area contributed by atoms with E-state index in [1.807, 2.05) is 6.20 Å². The Morgan fingerprint density at radius 3 is 3.07 bits per heavy atom. The van der Waals surface area contributed by atoms with Crippen LogP contribution in [0.4, 0.5) is 5.82 Å². The van der Waals surface area contributed by atoms with Crippen LogP contribution in [0.5, 0.6) is 0 Å². The molecule has 0 saturated carbocycles. The summed E-state index contributed by atoms with van der Waals surface area (Å²) >= 11 is 0. The van der Waals surface area contributed by atoms with Gasteiger partial charge in [0.1, 0.15) is 5.82 Å². The van der Waals surface area contributed by atoms with E-state index in [0.29, 0.717) is 12.0 Å². The van der Waals surface area contributed by atoms with Gasteiger partial charge in [0.15, 0.2) is 0 Å². The molecule has 3 nitrogen and oxygen atoms in total. The average Bonchev–Trinajstić information content (AvgIpc) is 2.59. The van der Waals surface area contributed by atoms with Gasteiger partial charge in [-0.25, -0.2) is 4.68 Å². The fourth-order valence-electron chi connectivity index (χ4n) is 2.07. The molecule has 0 radical (unpaired) electrons. The summed E-state index contributed by atoms with van der Waals surface area (Å²) in [7, 11) is 0. The number of rotatable bonds is 2. The molecule has 1 N–H and O–H groups in total. The Balaban J connectivity index is 2.23. The lowest BCUT2D eigenvalue weighted by Gasteiger charge is -2.28. The molecule has 0 aliphatic carbocycles. The lowest BCUT2D eigenvalue weighted by Crippen LogP contribution is -2.31. The van der Waals surface area contributed by atoms with Crippen molar-refractivity contribution in [3.8, 4) is 0 Å². The topological polar surface area (TPSA) is 29.9 Å². The van der Waals surface area contributed by atoms with Crippen LogP contribution in [0.2, 0.25) is 0 Å². The van der Waals surface area contributed by atoms with Gasteiger partial charge in [0.25, 0.3) is 0 Å². The van der Waals surface area contributed by atoms with Crippen molar-refractivity contribution >= 4 is 5.82 Å². The van der Waals surface area contributed by atoms with E-state index >= 15 is 0 Å². The van der Waals surface area contributed by atoms with Crippen molar-refractivity contribution in [1.82, 2.24) is 9.78 Å². The fraction of sp³-hybridized carbons (Fsp3) is 0.727. The predicted octanol–water partition coefficient (Wildman–Crippen LogP) is 2.29. The molecule has 1 aliphatic rings. The number of aromatic nitrogens is 2. The molecule has 1 aromatic heterocycles. The SMILES string of the molecule is CCn1ncc2c1N[C@H](C(C)C)CC2. The summed E-state index contributed by atoms with van der Waals surface area (Å²) < 4.78 is 2.06. The standard InChI is InChI=1S/C11H19N3/c1-4-14-11-9(7-12-14)5-6-10(13-11)8(2)3/h7-8,10,13H,4-6H2,1-3H3/t10-/m0/s1. The van der Waals surface area contributed by atoms with Crippen LogP contribution in [0.15, 0.2) is 6.20 Å². The lowest BCUT2D eigenvalue weighted by atomic mass is 9.94. The van der Waals surface area contributed by atoms with Crippen LogP contribution in [0.25, 0.3) is 0 Å². The largest absolute Gasteiger partial charge is 0.367 e. The maximum absolute atomic E-state index is 4.36. The zero-order valence-corrected chi connectivity index (χ0v) is 9.25. The maximum atomic E-state index is 4.36. The van der Waals surface area contributed by atoms with Gasteiger partial charge in [-0.2, -0.15) is 5.10 Å². The second kappa shape index (κ2) is 3.64. The first kappa shape index (κ1) is 9.56. The molecule has 0 fully saturated rings. The monoisotopic (exact) mass is 193 g/mol. The highest BCUT2D eigenvalue weighted by molar-refractivity contribution is 5.47. The fourth-order valence-corrected chi connectivity index (χ4v) is 2.07. The normalized spacial score (nSPS) is 20.7. The highest BCUT2D eigenvalue weighted by Gasteiger charge is 2.22. The van der Waals surface area contributed by atoms with E-state index in [-0.39, 0.29) is 0 Å². The Morgan fingerprint density at radius 2 is 2.43 bits per heavy atom. The molecule has 0 aromatic carbocycles. The predicted molar refractivity (Wildman–Crippen MR) is 58.5 cm³/mol. The van der Waals surface area contributed by atoms with E-state index < -0.39 is 0 Å². The maximum Gasteiger partial charge on any atom is 0.127 e. The summed E-state index contributed by atoms with van der Waals surface area (Å²) in [5.41, 5.74) is 1.38. The van der Waals surface area contributed by atoms with Crippen LogP contribution in [-0.2, 0) is 13.0 Å². The average molecular weight is 193 g/mol. The molecule has 0 bridgehead atoms.